The van der Waals surface area contributed by atoms with Crippen LogP contribution in [0.3, 0.4) is 0 Å². The van der Waals surface area contributed by atoms with Crippen LogP contribution in [0.25, 0.3) is 0 Å². The quantitative estimate of drug-likeness (QED) is 0.745. The summed E-state index contributed by atoms with van der Waals surface area (Å²) in [5, 5.41) is 0.264. The van der Waals surface area contributed by atoms with Crippen LogP contribution < -0.4 is 0 Å². The summed E-state index contributed by atoms with van der Waals surface area (Å²) in [6, 6.07) is 6.68. The minimum atomic E-state index is -0.209. The van der Waals surface area contributed by atoms with E-state index < -0.39 is 0 Å². The van der Waals surface area contributed by atoms with E-state index in [1.807, 2.05) is 0 Å². The summed E-state index contributed by atoms with van der Waals surface area (Å²) in [5.74, 6) is 0. The first-order valence-electron chi connectivity index (χ1n) is 8.53. The molecular weight excluding hydrogens is 271 g/mol. The Bertz CT molecular complexity index is 591. The van der Waals surface area contributed by atoms with Gasteiger partial charge in [-0.2, -0.15) is 0 Å². The maximum Gasteiger partial charge on any atom is 0.464 e. The fraction of sp³-hybridized carbons (Fsp3) is 0.684. The van der Waals surface area contributed by atoms with Gasteiger partial charge in [-0.3, -0.25) is 0 Å². The van der Waals surface area contributed by atoms with E-state index in [9.17, 15) is 0 Å². The van der Waals surface area contributed by atoms with Crippen molar-refractivity contribution in [3.05, 3.63) is 34.9 Å². The fourth-order valence-electron chi connectivity index (χ4n) is 5.13. The Hall–Kier alpha value is -0.795. The molecule has 3 heteroatoms. The van der Waals surface area contributed by atoms with Gasteiger partial charge in [-0.25, -0.2) is 0 Å². The maximum atomic E-state index is 6.33. The van der Waals surface area contributed by atoms with Crippen LogP contribution in [0.15, 0.2) is 18.2 Å². The van der Waals surface area contributed by atoms with Crippen molar-refractivity contribution in [3.8, 4) is 0 Å². The van der Waals surface area contributed by atoms with E-state index in [0.717, 1.165) is 0 Å². The van der Waals surface area contributed by atoms with E-state index >= 15 is 0 Å². The second-order valence-corrected chi connectivity index (χ2v) is 9.03. The Morgan fingerprint density at radius 3 is 1.77 bits per heavy atom. The number of rotatable bonds is 2. The molecule has 0 unspecified atom stereocenters. The molecular formula is C19H27BO2. The Morgan fingerprint density at radius 2 is 1.32 bits per heavy atom. The number of benzene rings is 1. The van der Waals surface area contributed by atoms with Gasteiger partial charge in [0.05, 0.1) is 11.2 Å². The van der Waals surface area contributed by atoms with E-state index in [-0.39, 0.29) is 23.6 Å². The molecule has 0 N–H and O–H groups in total. The van der Waals surface area contributed by atoms with E-state index in [1.54, 1.807) is 5.56 Å². The van der Waals surface area contributed by atoms with Crippen molar-refractivity contribution in [2.24, 2.45) is 0 Å². The monoisotopic (exact) mass is 298 g/mol. The van der Waals surface area contributed by atoms with Crippen molar-refractivity contribution >= 4 is 7.12 Å². The molecule has 1 aromatic rings. The van der Waals surface area contributed by atoms with Crippen molar-refractivity contribution in [1.82, 2.24) is 0 Å². The SMILES string of the molecule is Cc1cccc(C)c1C12CC(B3OC(C)(C)C(C)(C)O3)(C1)C2. The molecule has 2 nitrogen and oxygen atoms in total. The molecule has 1 saturated heterocycles. The first-order valence-corrected chi connectivity index (χ1v) is 8.53. The maximum absolute atomic E-state index is 6.33. The third-order valence-corrected chi connectivity index (χ3v) is 6.84. The third kappa shape index (κ3) is 1.64. The Morgan fingerprint density at radius 1 is 0.864 bits per heavy atom. The van der Waals surface area contributed by atoms with Gasteiger partial charge in [-0.05, 0) is 82.9 Å². The molecule has 1 aromatic carbocycles. The normalized spacial score (nSPS) is 37.6. The van der Waals surface area contributed by atoms with Gasteiger partial charge in [-0.15, -0.1) is 0 Å². The first-order chi connectivity index (χ1) is 10.1. The molecule has 118 valence electrons. The zero-order valence-corrected chi connectivity index (χ0v) is 14.7. The van der Waals surface area contributed by atoms with Crippen LogP contribution in [-0.4, -0.2) is 18.3 Å². The van der Waals surface area contributed by atoms with Gasteiger partial charge in [0.1, 0.15) is 0 Å². The fourth-order valence-corrected chi connectivity index (χ4v) is 5.13. The van der Waals surface area contributed by atoms with E-state index in [2.05, 4.69) is 59.7 Å². The van der Waals surface area contributed by atoms with Gasteiger partial charge >= 0.3 is 7.12 Å². The summed E-state index contributed by atoms with van der Waals surface area (Å²) < 4.78 is 12.7. The molecule has 1 aliphatic heterocycles. The second-order valence-electron chi connectivity index (χ2n) is 9.03. The Kier molecular flexibility index (Phi) is 2.68. The minimum absolute atomic E-state index is 0.0244. The van der Waals surface area contributed by atoms with Gasteiger partial charge in [0.25, 0.3) is 0 Å². The number of hydrogen-bond acceptors (Lipinski definition) is 2. The number of hydrogen-bond donors (Lipinski definition) is 0. The molecule has 0 spiro atoms. The predicted octanol–water partition coefficient (Wildman–Crippen LogP) is 4.57. The van der Waals surface area contributed by atoms with Crippen molar-refractivity contribution in [1.29, 1.82) is 0 Å². The molecule has 0 aromatic heterocycles. The average Bonchev–Trinajstić information content (AvgIpc) is 2.48. The minimum Gasteiger partial charge on any atom is -0.403 e. The standard InChI is InChI=1S/C19H27BO2/c1-13-8-7-9-14(2)15(13)18-10-19(11-18,12-18)20-21-16(3,4)17(5,6)22-20/h7-9H,10-12H2,1-6H3. The molecule has 22 heavy (non-hydrogen) atoms. The van der Waals surface area contributed by atoms with E-state index in [4.69, 9.17) is 9.31 Å². The molecule has 0 radical (unpaired) electrons. The van der Waals surface area contributed by atoms with Crippen LogP contribution in [0.5, 0.6) is 0 Å². The largest absolute Gasteiger partial charge is 0.464 e. The third-order valence-electron chi connectivity index (χ3n) is 6.84. The van der Waals surface area contributed by atoms with Gasteiger partial charge in [0.15, 0.2) is 0 Å². The van der Waals surface area contributed by atoms with Gasteiger partial charge < -0.3 is 9.31 Å². The summed E-state index contributed by atoms with van der Waals surface area (Å²) in [7, 11) is -0.0244. The molecule has 2 bridgehead atoms. The smallest absolute Gasteiger partial charge is 0.403 e. The van der Waals surface area contributed by atoms with Crippen molar-refractivity contribution < 1.29 is 9.31 Å². The number of aryl methyl sites for hydroxylation is 2. The topological polar surface area (TPSA) is 18.5 Å². The summed E-state index contributed by atoms with van der Waals surface area (Å²) in [6.07, 6.45) is 3.67. The van der Waals surface area contributed by atoms with Gasteiger partial charge in [-0.1, -0.05) is 18.2 Å². The highest BCUT2D eigenvalue weighted by Crippen LogP contribution is 2.81. The summed E-state index contributed by atoms with van der Waals surface area (Å²) in [6.45, 7) is 13.1. The van der Waals surface area contributed by atoms with Crippen molar-refractivity contribution in [3.63, 3.8) is 0 Å². The van der Waals surface area contributed by atoms with E-state index in [0.29, 0.717) is 5.41 Å². The van der Waals surface area contributed by atoms with Crippen LogP contribution in [0.2, 0.25) is 5.31 Å². The molecule has 0 amide bonds. The molecule has 4 aliphatic rings. The van der Waals surface area contributed by atoms with Crippen LogP contribution in [0, 0.1) is 13.8 Å². The lowest BCUT2D eigenvalue weighted by Gasteiger charge is -2.72. The molecule has 3 aliphatic carbocycles. The molecule has 3 saturated carbocycles. The molecule has 0 atom stereocenters. The highest BCUT2D eigenvalue weighted by Gasteiger charge is 2.77. The average molecular weight is 298 g/mol. The zero-order chi connectivity index (χ0) is 16.0. The zero-order valence-electron chi connectivity index (χ0n) is 14.7. The first kappa shape index (κ1) is 14.8. The highest BCUT2D eigenvalue weighted by atomic mass is 16.7. The van der Waals surface area contributed by atoms with E-state index in [1.165, 1.54) is 30.4 Å². The van der Waals surface area contributed by atoms with Crippen molar-refractivity contribution in [2.75, 3.05) is 0 Å². The van der Waals surface area contributed by atoms with Crippen LogP contribution in [0.4, 0.5) is 0 Å². The summed E-state index contributed by atoms with van der Waals surface area (Å²) >= 11 is 0. The van der Waals surface area contributed by atoms with Gasteiger partial charge in [0, 0.05) is 5.31 Å². The summed E-state index contributed by atoms with van der Waals surface area (Å²) in [4.78, 5) is 0. The Balaban J connectivity index is 1.56. The molecule has 4 fully saturated rings. The highest BCUT2D eigenvalue weighted by molar-refractivity contribution is 6.51. The van der Waals surface area contributed by atoms with Crippen LogP contribution in [0.1, 0.15) is 63.6 Å². The van der Waals surface area contributed by atoms with Gasteiger partial charge in [0.2, 0.25) is 0 Å². The predicted molar refractivity (Wildman–Crippen MR) is 90.2 cm³/mol. The summed E-state index contributed by atoms with van der Waals surface area (Å²) in [5.41, 5.74) is 4.47. The lowest BCUT2D eigenvalue weighted by atomic mass is 9.23. The Labute approximate surface area is 134 Å². The van der Waals surface area contributed by atoms with Crippen LogP contribution in [-0.2, 0) is 14.7 Å². The van der Waals surface area contributed by atoms with Crippen LogP contribution >= 0.6 is 0 Å². The lowest BCUT2D eigenvalue weighted by molar-refractivity contribution is -0.0392. The second kappa shape index (κ2) is 3.99. The molecule has 5 rings (SSSR count). The lowest BCUT2D eigenvalue weighted by Crippen LogP contribution is -2.66. The molecule has 1 heterocycles. The van der Waals surface area contributed by atoms with Crippen molar-refractivity contribution in [2.45, 2.75) is 82.7 Å².